The van der Waals surface area contributed by atoms with Crippen LogP contribution in [-0.2, 0) is 0 Å². The van der Waals surface area contributed by atoms with Crippen LogP contribution in [0.1, 0.15) is 30.5 Å². The van der Waals surface area contributed by atoms with Crippen LogP contribution in [0.3, 0.4) is 0 Å². The molecule has 1 aliphatic rings. The first kappa shape index (κ1) is 18.7. The first-order valence-corrected chi connectivity index (χ1v) is 10.2. The normalized spacial score (nSPS) is 15.2. The van der Waals surface area contributed by atoms with Gasteiger partial charge in [0.05, 0.1) is 16.6 Å². The standard InChI is InChI=1S/C24H18ClFN4/c1-2-20-15-12-11-14(26)13-18(15)24(27-20)30-23-17-8-4-6-10-21(17)28-22(29-23)16-7-3-5-9-19(16)25/h3-13,20H,2H2,1H3,(H,27,28,29,30). The van der Waals surface area contributed by atoms with E-state index in [9.17, 15) is 4.39 Å². The molecule has 0 amide bonds. The summed E-state index contributed by atoms with van der Waals surface area (Å²) in [6.07, 6.45) is 0.833. The van der Waals surface area contributed by atoms with Gasteiger partial charge < -0.3 is 5.32 Å². The highest BCUT2D eigenvalue weighted by Crippen LogP contribution is 2.34. The molecule has 4 aromatic rings. The lowest BCUT2D eigenvalue weighted by atomic mass is 10.0. The summed E-state index contributed by atoms with van der Waals surface area (Å²) >= 11 is 6.39. The van der Waals surface area contributed by atoms with Crippen LogP contribution in [0.15, 0.2) is 71.7 Å². The van der Waals surface area contributed by atoms with Gasteiger partial charge in [0.25, 0.3) is 0 Å². The van der Waals surface area contributed by atoms with Crippen molar-refractivity contribution < 1.29 is 4.39 Å². The van der Waals surface area contributed by atoms with Crippen molar-refractivity contribution in [3.63, 3.8) is 0 Å². The third-order valence-electron chi connectivity index (χ3n) is 5.26. The lowest BCUT2D eigenvalue weighted by Gasteiger charge is -2.12. The second-order valence-electron chi connectivity index (χ2n) is 7.15. The number of nitrogens with zero attached hydrogens (tertiary/aromatic N) is 3. The van der Waals surface area contributed by atoms with Gasteiger partial charge in [-0.2, -0.15) is 0 Å². The maximum absolute atomic E-state index is 14.0. The van der Waals surface area contributed by atoms with E-state index in [-0.39, 0.29) is 11.9 Å². The lowest BCUT2D eigenvalue weighted by Crippen LogP contribution is -2.14. The molecule has 1 N–H and O–H groups in total. The van der Waals surface area contributed by atoms with Crippen molar-refractivity contribution in [2.24, 2.45) is 4.99 Å². The monoisotopic (exact) mass is 416 g/mol. The van der Waals surface area contributed by atoms with Crippen LogP contribution in [0.5, 0.6) is 0 Å². The molecule has 3 aromatic carbocycles. The SMILES string of the molecule is CCC1N=C(Nc2nc(-c3ccccc3Cl)nc3ccccc23)c2cc(F)ccc21. The molecule has 0 spiro atoms. The minimum Gasteiger partial charge on any atom is -0.324 e. The van der Waals surface area contributed by atoms with Crippen LogP contribution in [0.2, 0.25) is 5.02 Å². The highest BCUT2D eigenvalue weighted by molar-refractivity contribution is 6.33. The summed E-state index contributed by atoms with van der Waals surface area (Å²) in [5.41, 5.74) is 3.32. The van der Waals surface area contributed by atoms with E-state index in [1.807, 2.05) is 54.6 Å². The van der Waals surface area contributed by atoms with Gasteiger partial charge in [-0.1, -0.05) is 48.9 Å². The number of anilines is 1. The maximum Gasteiger partial charge on any atom is 0.163 e. The Balaban J connectivity index is 1.65. The number of amidine groups is 1. The fraction of sp³-hybridized carbons (Fsp3) is 0.125. The molecule has 0 saturated heterocycles. The molecule has 6 heteroatoms. The summed E-state index contributed by atoms with van der Waals surface area (Å²) in [6, 6.07) is 20.0. The summed E-state index contributed by atoms with van der Waals surface area (Å²) < 4.78 is 14.0. The van der Waals surface area contributed by atoms with Crippen LogP contribution in [0.25, 0.3) is 22.3 Å². The van der Waals surface area contributed by atoms with Gasteiger partial charge in [-0.15, -0.1) is 0 Å². The summed E-state index contributed by atoms with van der Waals surface area (Å²) in [6.45, 7) is 2.07. The average molecular weight is 417 g/mol. The van der Waals surface area contributed by atoms with E-state index in [0.717, 1.165) is 34.0 Å². The van der Waals surface area contributed by atoms with E-state index in [2.05, 4.69) is 12.2 Å². The number of nitrogens with one attached hydrogen (secondary N) is 1. The Kier molecular flexibility index (Phi) is 4.68. The minimum atomic E-state index is -0.288. The molecule has 1 aliphatic heterocycles. The van der Waals surface area contributed by atoms with Crippen molar-refractivity contribution in [2.75, 3.05) is 5.32 Å². The van der Waals surface area contributed by atoms with Crippen LogP contribution in [0, 0.1) is 5.82 Å². The smallest absolute Gasteiger partial charge is 0.163 e. The number of rotatable bonds is 3. The molecule has 1 aromatic heterocycles. The highest BCUT2D eigenvalue weighted by Gasteiger charge is 2.25. The first-order chi connectivity index (χ1) is 14.6. The van der Waals surface area contributed by atoms with E-state index < -0.39 is 0 Å². The van der Waals surface area contributed by atoms with Crippen molar-refractivity contribution in [3.8, 4) is 11.4 Å². The van der Waals surface area contributed by atoms with Gasteiger partial charge in [-0.05, 0) is 48.4 Å². The Morgan fingerprint density at radius 1 is 0.967 bits per heavy atom. The van der Waals surface area contributed by atoms with Gasteiger partial charge in [-0.3, -0.25) is 4.99 Å². The zero-order valence-electron chi connectivity index (χ0n) is 16.2. The van der Waals surface area contributed by atoms with Gasteiger partial charge >= 0.3 is 0 Å². The van der Waals surface area contributed by atoms with Gasteiger partial charge in [0.15, 0.2) is 5.82 Å². The van der Waals surface area contributed by atoms with E-state index in [0.29, 0.717) is 22.5 Å². The molecular weight excluding hydrogens is 399 g/mol. The first-order valence-electron chi connectivity index (χ1n) is 9.80. The molecule has 0 bridgehead atoms. The van der Waals surface area contributed by atoms with Crippen LogP contribution < -0.4 is 5.32 Å². The molecule has 1 atom stereocenters. The van der Waals surface area contributed by atoms with Crippen molar-refractivity contribution in [1.82, 2.24) is 9.97 Å². The summed E-state index contributed by atoms with van der Waals surface area (Å²) in [5, 5.41) is 4.78. The zero-order valence-corrected chi connectivity index (χ0v) is 17.0. The number of hydrogen-bond donors (Lipinski definition) is 1. The third-order valence-corrected chi connectivity index (χ3v) is 5.59. The number of para-hydroxylation sites is 1. The predicted molar refractivity (Wildman–Crippen MR) is 120 cm³/mol. The van der Waals surface area contributed by atoms with E-state index in [1.54, 1.807) is 0 Å². The second-order valence-corrected chi connectivity index (χ2v) is 7.56. The van der Waals surface area contributed by atoms with Crippen LogP contribution in [0.4, 0.5) is 10.2 Å². The third kappa shape index (κ3) is 3.21. The van der Waals surface area contributed by atoms with E-state index in [1.165, 1.54) is 12.1 Å². The van der Waals surface area contributed by atoms with E-state index in [4.69, 9.17) is 26.6 Å². The Morgan fingerprint density at radius 3 is 2.60 bits per heavy atom. The Hall–Kier alpha value is -3.31. The summed E-state index contributed by atoms with van der Waals surface area (Å²) in [7, 11) is 0. The number of fused-ring (bicyclic) bond motifs is 2. The van der Waals surface area contributed by atoms with Crippen LogP contribution in [-0.4, -0.2) is 15.8 Å². The number of aliphatic imine (C=N–C) groups is 1. The minimum absolute atomic E-state index is 0.000704. The molecule has 0 aliphatic carbocycles. The molecule has 0 saturated carbocycles. The van der Waals surface area contributed by atoms with Crippen molar-refractivity contribution in [3.05, 3.63) is 88.7 Å². The van der Waals surface area contributed by atoms with Gasteiger partial charge in [0, 0.05) is 16.5 Å². The maximum atomic E-state index is 14.0. The van der Waals surface area contributed by atoms with Crippen LogP contribution >= 0.6 is 11.6 Å². The van der Waals surface area contributed by atoms with Gasteiger partial charge in [0.1, 0.15) is 17.5 Å². The fourth-order valence-corrected chi connectivity index (χ4v) is 4.00. The number of hydrogen-bond acceptors (Lipinski definition) is 4. The highest BCUT2D eigenvalue weighted by atomic mass is 35.5. The molecule has 2 heterocycles. The molecule has 148 valence electrons. The summed E-state index contributed by atoms with van der Waals surface area (Å²) in [5.74, 6) is 1.46. The largest absolute Gasteiger partial charge is 0.324 e. The molecule has 0 fully saturated rings. The zero-order chi connectivity index (χ0) is 20.7. The Bertz CT molecular complexity index is 1300. The van der Waals surface area contributed by atoms with Crippen molar-refractivity contribution in [1.29, 1.82) is 0 Å². The molecule has 4 nitrogen and oxygen atoms in total. The molecule has 5 rings (SSSR count). The van der Waals surface area contributed by atoms with Crippen molar-refractivity contribution >= 4 is 34.2 Å². The number of benzene rings is 3. The van der Waals surface area contributed by atoms with Crippen molar-refractivity contribution in [2.45, 2.75) is 19.4 Å². The van der Waals surface area contributed by atoms with E-state index >= 15 is 0 Å². The topological polar surface area (TPSA) is 50.2 Å². The molecule has 30 heavy (non-hydrogen) atoms. The quantitative estimate of drug-likeness (QED) is 0.419. The number of aromatic nitrogens is 2. The fourth-order valence-electron chi connectivity index (χ4n) is 3.78. The molecule has 1 unspecified atom stereocenters. The lowest BCUT2D eigenvalue weighted by molar-refractivity contribution is 0.625. The number of halogens is 2. The predicted octanol–water partition coefficient (Wildman–Crippen LogP) is 6.41. The van der Waals surface area contributed by atoms with Gasteiger partial charge in [-0.25, -0.2) is 14.4 Å². The summed E-state index contributed by atoms with van der Waals surface area (Å²) in [4.78, 5) is 14.2. The second kappa shape index (κ2) is 7.50. The van der Waals surface area contributed by atoms with Gasteiger partial charge in [0.2, 0.25) is 0 Å². The average Bonchev–Trinajstić information content (AvgIpc) is 3.10. The Labute approximate surface area is 178 Å². The Morgan fingerprint density at radius 2 is 1.77 bits per heavy atom. The molecule has 0 radical (unpaired) electrons. The molecular formula is C24H18ClFN4.